The average Bonchev–Trinajstić information content (AvgIpc) is 2.73. The van der Waals surface area contributed by atoms with Crippen molar-refractivity contribution in [3.63, 3.8) is 0 Å². The molecule has 3 heteroatoms. The van der Waals surface area contributed by atoms with Gasteiger partial charge in [0.15, 0.2) is 0 Å². The average molecular weight is 393 g/mol. The van der Waals surface area contributed by atoms with Crippen molar-refractivity contribution in [2.75, 3.05) is 7.11 Å². The summed E-state index contributed by atoms with van der Waals surface area (Å²) in [7, 11) is 1.09. The predicted molar refractivity (Wildman–Crippen MR) is 117 cm³/mol. The molecule has 0 aromatic carbocycles. The van der Waals surface area contributed by atoms with Crippen molar-refractivity contribution in [1.29, 1.82) is 0 Å². The van der Waals surface area contributed by atoms with Crippen molar-refractivity contribution in [3.8, 4) is 0 Å². The number of allylic oxidation sites excluding steroid dienone is 1. The summed E-state index contributed by atoms with van der Waals surface area (Å²) in [4.78, 5) is 0. The van der Waals surface area contributed by atoms with Crippen LogP contribution in [0, 0.1) is 17.8 Å². The second-order valence-electron chi connectivity index (χ2n) is 9.90. The Morgan fingerprint density at radius 2 is 1.04 bits per heavy atom. The predicted octanol–water partition coefficient (Wildman–Crippen LogP) is 6.88. The molecule has 0 N–H and O–H groups in total. The molecule has 3 saturated carbocycles. The molecule has 3 aliphatic rings. The summed E-state index contributed by atoms with van der Waals surface area (Å²) in [6, 6.07) is 0. The standard InChI is InChI=1S/C24H44O2Si/c1-19(2)23(25-3)26-27-24(20-13-7-4-8-14-20,21-15-9-5-10-16-21)22-17-11-6-12-18-22/h20-22H,4-18,27H2,1-3H3. The first-order valence-corrected chi connectivity index (χ1v) is 13.3. The molecule has 0 unspecified atom stereocenters. The van der Waals surface area contributed by atoms with Gasteiger partial charge in [0.2, 0.25) is 9.76 Å². The zero-order valence-electron chi connectivity index (χ0n) is 18.4. The molecule has 3 aliphatic carbocycles. The van der Waals surface area contributed by atoms with Gasteiger partial charge in [0.05, 0.1) is 7.11 Å². The maximum Gasteiger partial charge on any atom is 0.263 e. The highest BCUT2D eigenvalue weighted by atomic mass is 28.2. The van der Waals surface area contributed by atoms with Crippen LogP contribution < -0.4 is 0 Å². The molecule has 3 fully saturated rings. The Hall–Kier alpha value is -0.443. The summed E-state index contributed by atoms with van der Waals surface area (Å²) < 4.78 is 12.3. The van der Waals surface area contributed by atoms with Crippen molar-refractivity contribution in [2.24, 2.45) is 17.8 Å². The molecule has 0 aromatic rings. The van der Waals surface area contributed by atoms with E-state index in [0.29, 0.717) is 5.04 Å². The van der Waals surface area contributed by atoms with Crippen LogP contribution in [0.2, 0.25) is 5.04 Å². The lowest BCUT2D eigenvalue weighted by Crippen LogP contribution is -2.46. The van der Waals surface area contributed by atoms with E-state index in [0.717, 1.165) is 23.7 Å². The van der Waals surface area contributed by atoms with E-state index >= 15 is 0 Å². The van der Waals surface area contributed by atoms with E-state index in [-0.39, 0.29) is 0 Å². The Labute approximate surface area is 170 Å². The molecule has 0 saturated heterocycles. The van der Waals surface area contributed by atoms with Gasteiger partial charge in [-0.25, -0.2) is 0 Å². The molecule has 27 heavy (non-hydrogen) atoms. The SMILES string of the molecule is COC(O[SiH2]C(C1CCCCC1)(C1CCCCC1)C1CCCCC1)=C(C)C. The van der Waals surface area contributed by atoms with Crippen molar-refractivity contribution < 1.29 is 9.16 Å². The van der Waals surface area contributed by atoms with Gasteiger partial charge in [-0.2, -0.15) is 0 Å². The van der Waals surface area contributed by atoms with Gasteiger partial charge < -0.3 is 9.16 Å². The van der Waals surface area contributed by atoms with Crippen molar-refractivity contribution in [1.82, 2.24) is 0 Å². The van der Waals surface area contributed by atoms with Crippen LogP contribution in [0.1, 0.15) is 110 Å². The van der Waals surface area contributed by atoms with E-state index < -0.39 is 9.76 Å². The summed E-state index contributed by atoms with van der Waals surface area (Å²) in [5.41, 5.74) is 1.20. The molecule has 0 atom stereocenters. The van der Waals surface area contributed by atoms with E-state index in [1.807, 2.05) is 0 Å². The first-order valence-electron chi connectivity index (χ1n) is 12.0. The van der Waals surface area contributed by atoms with Crippen LogP contribution in [0.5, 0.6) is 0 Å². The Balaban J connectivity index is 1.92. The summed E-state index contributed by atoms with van der Waals surface area (Å²) in [6.45, 7) is 4.27. The smallest absolute Gasteiger partial charge is 0.263 e. The van der Waals surface area contributed by atoms with Crippen LogP contribution in [0.4, 0.5) is 0 Å². The third-order valence-electron chi connectivity index (χ3n) is 8.14. The fourth-order valence-corrected chi connectivity index (χ4v) is 9.59. The highest BCUT2D eigenvalue weighted by Crippen LogP contribution is 2.61. The van der Waals surface area contributed by atoms with Gasteiger partial charge in [0.25, 0.3) is 5.95 Å². The van der Waals surface area contributed by atoms with Crippen LogP contribution in [-0.2, 0) is 9.16 Å². The number of rotatable bonds is 7. The van der Waals surface area contributed by atoms with Crippen LogP contribution in [0.3, 0.4) is 0 Å². The minimum absolute atomic E-state index is 0.528. The number of methoxy groups -OCH3 is 1. The number of ether oxygens (including phenoxy) is 1. The lowest BCUT2D eigenvalue weighted by Gasteiger charge is -2.54. The third-order valence-corrected chi connectivity index (χ3v) is 10.8. The molecule has 156 valence electrons. The molecule has 0 aromatic heterocycles. The molecule has 0 bridgehead atoms. The van der Waals surface area contributed by atoms with E-state index in [9.17, 15) is 0 Å². The maximum absolute atomic E-state index is 6.67. The lowest BCUT2D eigenvalue weighted by molar-refractivity contribution is 0.0610. The molecular formula is C24H44O2Si. The van der Waals surface area contributed by atoms with E-state index in [4.69, 9.17) is 9.16 Å². The molecule has 3 rings (SSSR count). The van der Waals surface area contributed by atoms with E-state index in [1.54, 1.807) is 7.11 Å². The summed E-state index contributed by atoms with van der Waals surface area (Å²) in [5, 5.41) is 0.528. The third kappa shape index (κ3) is 4.94. The zero-order chi connectivity index (χ0) is 19.1. The van der Waals surface area contributed by atoms with Gasteiger partial charge >= 0.3 is 0 Å². The molecule has 0 spiro atoms. The molecule has 0 aliphatic heterocycles. The fraction of sp³-hybridized carbons (Fsp3) is 0.917. The van der Waals surface area contributed by atoms with Crippen molar-refractivity contribution >= 4 is 9.76 Å². The van der Waals surface area contributed by atoms with Gasteiger partial charge in [-0.1, -0.05) is 96.3 Å². The van der Waals surface area contributed by atoms with Gasteiger partial charge in [-0.3, -0.25) is 0 Å². The second kappa shape index (κ2) is 10.4. The fourth-order valence-electron chi connectivity index (χ4n) is 6.87. The molecule has 0 radical (unpaired) electrons. The first kappa shape index (κ1) is 21.3. The first-order chi connectivity index (χ1) is 13.2. The quantitative estimate of drug-likeness (QED) is 0.347. The number of hydrogen-bond donors (Lipinski definition) is 0. The maximum atomic E-state index is 6.67. The second-order valence-corrected chi connectivity index (χ2v) is 11.7. The van der Waals surface area contributed by atoms with Gasteiger partial charge in [0, 0.05) is 10.6 Å². The highest BCUT2D eigenvalue weighted by molar-refractivity contribution is 6.33. The zero-order valence-corrected chi connectivity index (χ0v) is 19.8. The molecule has 0 heterocycles. The summed E-state index contributed by atoms with van der Waals surface area (Å²) >= 11 is 0. The normalized spacial score (nSPS) is 24.3. The largest absolute Gasteiger partial charge is 0.524 e. The topological polar surface area (TPSA) is 18.5 Å². The summed E-state index contributed by atoms with van der Waals surface area (Å²) in [6.07, 6.45) is 22.0. The molecule has 0 amide bonds. The Morgan fingerprint density at radius 1 is 0.667 bits per heavy atom. The molecular weight excluding hydrogens is 348 g/mol. The van der Waals surface area contributed by atoms with Crippen molar-refractivity contribution in [2.45, 2.75) is 115 Å². The minimum Gasteiger partial charge on any atom is -0.524 e. The van der Waals surface area contributed by atoms with E-state index in [1.165, 1.54) is 102 Å². The Bertz CT molecular complexity index is 419. The van der Waals surface area contributed by atoms with Crippen LogP contribution in [-0.4, -0.2) is 16.9 Å². The number of hydrogen-bond acceptors (Lipinski definition) is 2. The van der Waals surface area contributed by atoms with Gasteiger partial charge in [-0.15, -0.1) is 0 Å². The van der Waals surface area contributed by atoms with Gasteiger partial charge in [-0.05, 0) is 31.6 Å². The highest BCUT2D eigenvalue weighted by Gasteiger charge is 2.51. The lowest BCUT2D eigenvalue weighted by atomic mass is 9.61. The van der Waals surface area contributed by atoms with Crippen LogP contribution >= 0.6 is 0 Å². The Morgan fingerprint density at radius 3 is 1.33 bits per heavy atom. The minimum atomic E-state index is -0.700. The summed E-state index contributed by atoms with van der Waals surface area (Å²) in [5.74, 6) is 3.63. The van der Waals surface area contributed by atoms with E-state index in [2.05, 4.69) is 13.8 Å². The van der Waals surface area contributed by atoms with Crippen LogP contribution in [0.15, 0.2) is 11.5 Å². The van der Waals surface area contributed by atoms with Crippen LogP contribution in [0.25, 0.3) is 0 Å². The Kier molecular flexibility index (Phi) is 8.17. The monoisotopic (exact) mass is 392 g/mol. The van der Waals surface area contributed by atoms with Gasteiger partial charge in [0.1, 0.15) is 0 Å². The van der Waals surface area contributed by atoms with Crippen molar-refractivity contribution in [3.05, 3.63) is 11.5 Å². The molecule has 2 nitrogen and oxygen atoms in total.